The number of carbonyl (C=O) groups excluding carboxylic acids is 1. The van der Waals surface area contributed by atoms with Crippen LogP contribution in [0.3, 0.4) is 0 Å². The number of nitrogens with one attached hydrogen (secondary N) is 1. The molecule has 1 aliphatic heterocycles. The number of alkyl halides is 3. The van der Waals surface area contributed by atoms with Gasteiger partial charge in [0.15, 0.2) is 5.75 Å². The van der Waals surface area contributed by atoms with Crippen molar-refractivity contribution in [3.63, 3.8) is 0 Å². The van der Waals surface area contributed by atoms with Crippen LogP contribution in [0.1, 0.15) is 29.7 Å². The highest BCUT2D eigenvalue weighted by atomic mass is 32.2. The summed E-state index contributed by atoms with van der Waals surface area (Å²) in [6.07, 6.45) is -1.49. The Hall–Kier alpha value is -2.79. The first kappa shape index (κ1) is 22.4. The fourth-order valence-electron chi connectivity index (χ4n) is 3.53. The molecule has 1 unspecified atom stereocenters. The minimum Gasteiger partial charge on any atom is -0.609 e. The first-order valence-electron chi connectivity index (χ1n) is 10.0. The summed E-state index contributed by atoms with van der Waals surface area (Å²) in [4.78, 5) is 24.6. The van der Waals surface area contributed by atoms with Crippen molar-refractivity contribution >= 4 is 28.1 Å². The fraction of sp³-hybridized carbons (Fsp3) is 0.381. The highest BCUT2D eigenvalue weighted by molar-refractivity contribution is 7.90. The number of hydrogen-bond donors (Lipinski definition) is 1. The third-order valence-corrected chi connectivity index (χ3v) is 6.48. The summed E-state index contributed by atoms with van der Waals surface area (Å²) in [7, 11) is 0. The lowest BCUT2D eigenvalue weighted by atomic mass is 10.2. The quantitative estimate of drug-likeness (QED) is 0.537. The number of H-pyrrole nitrogens is 1. The van der Waals surface area contributed by atoms with Gasteiger partial charge in [0.05, 0.1) is 28.8 Å². The number of aromatic amines is 1. The lowest BCUT2D eigenvalue weighted by molar-refractivity contribution is -0.137. The predicted molar refractivity (Wildman–Crippen MR) is 111 cm³/mol. The molecule has 7 nitrogen and oxygen atoms in total. The number of amides is 1. The van der Waals surface area contributed by atoms with E-state index in [1.54, 1.807) is 24.1 Å². The second-order valence-corrected chi connectivity index (χ2v) is 8.84. The van der Waals surface area contributed by atoms with E-state index >= 15 is 0 Å². The molecule has 0 aliphatic carbocycles. The number of benzene rings is 1. The molecule has 3 heterocycles. The Morgan fingerprint density at radius 2 is 2.12 bits per heavy atom. The number of aromatic nitrogens is 3. The first-order chi connectivity index (χ1) is 15.2. The zero-order valence-corrected chi connectivity index (χ0v) is 18.1. The van der Waals surface area contributed by atoms with Gasteiger partial charge in [0.1, 0.15) is 12.4 Å². The van der Waals surface area contributed by atoms with Crippen LogP contribution in [0.25, 0.3) is 11.0 Å². The summed E-state index contributed by atoms with van der Waals surface area (Å²) in [6, 6.07) is 4.85. The van der Waals surface area contributed by atoms with Gasteiger partial charge < -0.3 is 14.2 Å². The normalized spacial score (nSPS) is 15.5. The maximum atomic E-state index is 12.9. The van der Waals surface area contributed by atoms with Crippen molar-refractivity contribution in [3.05, 3.63) is 47.3 Å². The Kier molecular flexibility index (Phi) is 6.29. The van der Waals surface area contributed by atoms with Gasteiger partial charge in [-0.25, -0.2) is 0 Å². The van der Waals surface area contributed by atoms with Gasteiger partial charge in [0.2, 0.25) is 5.91 Å². The Morgan fingerprint density at radius 1 is 1.31 bits per heavy atom. The number of imidazole rings is 1. The standard InChI is InChI=1S/C21H21F3N4O3S/c1-13-17(25-7-6-18(13)31-10-9-28-8-2-3-19(28)29)12-32(30)20-26-15-5-4-14(21(22,23)24)11-16(15)27-20/h4-7,11H,2-3,8-10,12H2,1H3,(H,26,27). The van der Waals surface area contributed by atoms with E-state index in [0.717, 1.165) is 25.1 Å². The largest absolute Gasteiger partial charge is 0.609 e. The van der Waals surface area contributed by atoms with Crippen molar-refractivity contribution in [3.8, 4) is 5.75 Å². The average molecular weight is 466 g/mol. The zero-order chi connectivity index (χ0) is 22.9. The van der Waals surface area contributed by atoms with E-state index in [4.69, 9.17) is 4.74 Å². The third-order valence-electron chi connectivity index (χ3n) is 5.32. The molecule has 1 aromatic carbocycles. The molecule has 32 heavy (non-hydrogen) atoms. The minimum atomic E-state index is -4.48. The van der Waals surface area contributed by atoms with Gasteiger partial charge in [-0.15, -0.1) is 0 Å². The number of ether oxygens (including phenoxy) is 1. The molecule has 170 valence electrons. The van der Waals surface area contributed by atoms with Crippen molar-refractivity contribution in [2.45, 2.75) is 36.9 Å². The number of nitrogens with zero attached hydrogens (tertiary/aromatic N) is 3. The fourth-order valence-corrected chi connectivity index (χ4v) is 4.63. The summed E-state index contributed by atoms with van der Waals surface area (Å²) in [5.41, 5.74) is 0.909. The molecule has 2 aromatic heterocycles. The van der Waals surface area contributed by atoms with Gasteiger partial charge in [0, 0.05) is 35.9 Å². The van der Waals surface area contributed by atoms with Gasteiger partial charge in [-0.2, -0.15) is 18.2 Å². The van der Waals surface area contributed by atoms with E-state index in [0.29, 0.717) is 42.1 Å². The van der Waals surface area contributed by atoms with Crippen LogP contribution >= 0.6 is 0 Å². The minimum absolute atomic E-state index is 0.0274. The van der Waals surface area contributed by atoms with Crippen molar-refractivity contribution in [1.82, 2.24) is 19.9 Å². The number of likely N-dealkylation sites (tertiary alicyclic amines) is 1. The number of hydrogen-bond acceptors (Lipinski definition) is 5. The first-order valence-corrected chi connectivity index (χ1v) is 11.3. The maximum Gasteiger partial charge on any atom is 0.416 e. The summed E-state index contributed by atoms with van der Waals surface area (Å²) in [5.74, 6) is 0.738. The molecule has 1 aliphatic rings. The molecule has 1 atom stereocenters. The Bertz CT molecular complexity index is 1140. The second-order valence-electron chi connectivity index (χ2n) is 7.48. The topological polar surface area (TPSA) is 94.2 Å². The van der Waals surface area contributed by atoms with Crippen molar-refractivity contribution in [2.75, 3.05) is 19.7 Å². The van der Waals surface area contributed by atoms with Crippen molar-refractivity contribution < 1.29 is 27.3 Å². The van der Waals surface area contributed by atoms with E-state index in [9.17, 15) is 22.5 Å². The number of fused-ring (bicyclic) bond motifs is 1. The highest BCUT2D eigenvalue weighted by Crippen LogP contribution is 2.31. The smallest absolute Gasteiger partial charge is 0.416 e. The predicted octanol–water partition coefficient (Wildman–Crippen LogP) is 3.59. The molecule has 1 N–H and O–H groups in total. The molecule has 0 bridgehead atoms. The molecule has 1 fully saturated rings. The Morgan fingerprint density at radius 3 is 2.84 bits per heavy atom. The van der Waals surface area contributed by atoms with Crippen molar-refractivity contribution in [1.29, 1.82) is 0 Å². The van der Waals surface area contributed by atoms with Gasteiger partial charge in [-0.1, -0.05) is 0 Å². The van der Waals surface area contributed by atoms with Gasteiger partial charge in [-0.3, -0.25) is 14.8 Å². The average Bonchev–Trinajstić information content (AvgIpc) is 3.35. The van der Waals surface area contributed by atoms with Crippen LogP contribution in [0.5, 0.6) is 5.75 Å². The maximum absolute atomic E-state index is 12.9. The lowest BCUT2D eigenvalue weighted by Crippen LogP contribution is -2.29. The van der Waals surface area contributed by atoms with Crippen LogP contribution in [-0.2, 0) is 27.9 Å². The van der Waals surface area contributed by atoms with Gasteiger partial charge in [-0.05, 0) is 37.6 Å². The van der Waals surface area contributed by atoms with Gasteiger partial charge in [0.25, 0.3) is 0 Å². The summed E-state index contributed by atoms with van der Waals surface area (Å²) < 4.78 is 57.4. The molecule has 1 amide bonds. The number of carbonyl (C=O) groups is 1. The van der Waals surface area contributed by atoms with E-state index in [1.807, 2.05) is 0 Å². The van der Waals surface area contributed by atoms with Crippen LogP contribution in [0.4, 0.5) is 13.2 Å². The molecule has 1 saturated heterocycles. The molecular weight excluding hydrogens is 445 g/mol. The van der Waals surface area contributed by atoms with Crippen LogP contribution in [0.15, 0.2) is 35.6 Å². The van der Waals surface area contributed by atoms with Gasteiger partial charge >= 0.3 is 11.3 Å². The molecule has 4 rings (SSSR count). The number of pyridine rings is 1. The third kappa shape index (κ3) is 4.83. The monoisotopic (exact) mass is 466 g/mol. The Labute approximate surface area is 185 Å². The molecule has 11 heteroatoms. The Balaban J connectivity index is 1.44. The number of rotatable bonds is 7. The molecular formula is C21H21F3N4O3S. The summed E-state index contributed by atoms with van der Waals surface area (Å²) >= 11 is -1.64. The lowest BCUT2D eigenvalue weighted by Gasteiger charge is -2.17. The SMILES string of the molecule is Cc1c(OCCN2CCCC2=O)ccnc1C[S+]([O-])c1nc2cc(C(F)(F)F)ccc2[nH]1. The van der Waals surface area contributed by atoms with Crippen LogP contribution in [0.2, 0.25) is 0 Å². The summed E-state index contributed by atoms with van der Waals surface area (Å²) in [6.45, 7) is 3.37. The van der Waals surface area contributed by atoms with Crippen LogP contribution < -0.4 is 4.74 Å². The number of halogens is 3. The van der Waals surface area contributed by atoms with E-state index < -0.39 is 22.9 Å². The molecule has 0 spiro atoms. The molecule has 3 aromatic rings. The van der Waals surface area contributed by atoms with E-state index in [1.165, 1.54) is 6.07 Å². The molecule has 0 saturated carbocycles. The van der Waals surface area contributed by atoms with E-state index in [2.05, 4.69) is 15.0 Å². The van der Waals surface area contributed by atoms with Crippen molar-refractivity contribution in [2.24, 2.45) is 0 Å². The second kappa shape index (κ2) is 8.99. The molecule has 0 radical (unpaired) electrons. The van der Waals surface area contributed by atoms with Crippen LogP contribution in [0, 0.1) is 6.92 Å². The summed E-state index contributed by atoms with van der Waals surface area (Å²) in [5, 5.41) is 0.0828. The van der Waals surface area contributed by atoms with E-state index in [-0.39, 0.29) is 22.3 Å². The highest BCUT2D eigenvalue weighted by Gasteiger charge is 2.31. The zero-order valence-electron chi connectivity index (χ0n) is 17.2. The van der Waals surface area contributed by atoms with Crippen LogP contribution in [-0.4, -0.2) is 50.0 Å².